The summed E-state index contributed by atoms with van der Waals surface area (Å²) in [6.07, 6.45) is 2.89. The van der Waals surface area contributed by atoms with E-state index in [4.69, 9.17) is 14.2 Å². The monoisotopic (exact) mass is 418 g/mol. The van der Waals surface area contributed by atoms with Gasteiger partial charge in [-0.2, -0.15) is 0 Å². The average Bonchev–Trinajstić information content (AvgIpc) is 2.82. The largest absolute Gasteiger partial charge is 0.493 e. The molecule has 0 atom stereocenters. The molecule has 0 radical (unpaired) electrons. The van der Waals surface area contributed by atoms with E-state index in [0.29, 0.717) is 19.8 Å². The van der Waals surface area contributed by atoms with Crippen molar-refractivity contribution in [2.45, 2.75) is 46.0 Å². The summed E-state index contributed by atoms with van der Waals surface area (Å²) in [4.78, 5) is 0. The molecule has 3 nitrogen and oxygen atoms in total. The Balaban J connectivity index is 2.18. The molecule has 0 N–H and O–H groups in total. The van der Waals surface area contributed by atoms with E-state index in [1.807, 2.05) is 18.2 Å². The fourth-order valence-electron chi connectivity index (χ4n) is 3.69. The Hall–Kier alpha value is -2.94. The molecule has 0 unspecified atom stereocenters. The van der Waals surface area contributed by atoms with Crippen LogP contribution in [0.1, 0.15) is 62.6 Å². The van der Waals surface area contributed by atoms with Gasteiger partial charge in [0.1, 0.15) is 17.2 Å². The molecule has 31 heavy (non-hydrogen) atoms. The number of para-hydroxylation sites is 3. The zero-order valence-corrected chi connectivity index (χ0v) is 19.0. The van der Waals surface area contributed by atoms with Gasteiger partial charge in [0.25, 0.3) is 0 Å². The van der Waals surface area contributed by atoms with Gasteiger partial charge in [0, 0.05) is 22.6 Å². The quantitative estimate of drug-likeness (QED) is 0.290. The van der Waals surface area contributed by atoms with Crippen LogP contribution in [0.3, 0.4) is 0 Å². The second-order valence-corrected chi connectivity index (χ2v) is 7.59. The first-order chi connectivity index (χ1) is 15.3. The number of benzene rings is 3. The van der Waals surface area contributed by atoms with Crippen molar-refractivity contribution in [3.63, 3.8) is 0 Å². The maximum atomic E-state index is 6.17. The van der Waals surface area contributed by atoms with Gasteiger partial charge >= 0.3 is 0 Å². The van der Waals surface area contributed by atoms with Gasteiger partial charge in [0.2, 0.25) is 0 Å². The molecule has 0 fully saturated rings. The summed E-state index contributed by atoms with van der Waals surface area (Å²) in [5.41, 5.74) is 3.36. The summed E-state index contributed by atoms with van der Waals surface area (Å²) in [6, 6.07) is 25.0. The van der Waals surface area contributed by atoms with Crippen molar-refractivity contribution in [3.05, 3.63) is 89.5 Å². The van der Waals surface area contributed by atoms with Crippen molar-refractivity contribution in [2.24, 2.45) is 0 Å². The Morgan fingerprint density at radius 1 is 0.484 bits per heavy atom. The highest BCUT2D eigenvalue weighted by Crippen LogP contribution is 2.44. The van der Waals surface area contributed by atoms with Gasteiger partial charge in [0.15, 0.2) is 0 Å². The summed E-state index contributed by atoms with van der Waals surface area (Å²) in [7, 11) is 0. The van der Waals surface area contributed by atoms with Gasteiger partial charge in [-0.1, -0.05) is 75.4 Å². The molecular weight excluding hydrogens is 384 g/mol. The lowest BCUT2D eigenvalue weighted by Gasteiger charge is -2.25. The van der Waals surface area contributed by atoms with Crippen LogP contribution in [-0.2, 0) is 0 Å². The molecule has 0 amide bonds. The van der Waals surface area contributed by atoms with Gasteiger partial charge in [-0.3, -0.25) is 0 Å². The molecule has 0 aliphatic rings. The lowest BCUT2D eigenvalue weighted by Crippen LogP contribution is -2.11. The average molecular weight is 419 g/mol. The van der Waals surface area contributed by atoms with Crippen LogP contribution in [-0.4, -0.2) is 19.8 Å². The van der Waals surface area contributed by atoms with Crippen LogP contribution in [0.4, 0.5) is 0 Å². The molecular formula is C28H34O3. The van der Waals surface area contributed by atoms with E-state index < -0.39 is 0 Å². The van der Waals surface area contributed by atoms with Crippen molar-refractivity contribution >= 4 is 0 Å². The maximum absolute atomic E-state index is 6.17. The Morgan fingerprint density at radius 2 is 0.774 bits per heavy atom. The Labute approximate surface area is 187 Å². The molecule has 0 heterocycles. The second-order valence-electron chi connectivity index (χ2n) is 7.59. The molecule has 0 spiro atoms. The third-order valence-electron chi connectivity index (χ3n) is 5.08. The lowest BCUT2D eigenvalue weighted by atomic mass is 9.83. The fourth-order valence-corrected chi connectivity index (χ4v) is 3.69. The molecule has 0 aliphatic heterocycles. The van der Waals surface area contributed by atoms with Gasteiger partial charge < -0.3 is 14.2 Å². The second kappa shape index (κ2) is 12.0. The minimum atomic E-state index is -0.0610. The predicted molar refractivity (Wildman–Crippen MR) is 128 cm³/mol. The summed E-state index contributed by atoms with van der Waals surface area (Å²) in [5, 5.41) is 0. The molecule has 0 saturated heterocycles. The molecule has 0 aliphatic carbocycles. The third kappa shape index (κ3) is 5.81. The van der Waals surface area contributed by atoms with Crippen LogP contribution >= 0.6 is 0 Å². The minimum Gasteiger partial charge on any atom is -0.493 e. The zero-order chi connectivity index (χ0) is 21.9. The fraction of sp³-hybridized carbons (Fsp3) is 0.357. The molecule has 3 heteroatoms. The normalized spacial score (nSPS) is 10.8. The summed E-state index contributed by atoms with van der Waals surface area (Å²) >= 11 is 0. The standard InChI is InChI=1S/C28H34O3/c1-4-19-29-25-16-10-7-13-22(25)28(23-14-8-11-17-26(23)30-20-5-2)24-15-9-12-18-27(24)31-21-6-3/h7-18,28H,4-6,19-21H2,1-3H3. The molecule has 164 valence electrons. The van der Waals surface area contributed by atoms with Crippen molar-refractivity contribution < 1.29 is 14.2 Å². The highest BCUT2D eigenvalue weighted by Gasteiger charge is 2.26. The van der Waals surface area contributed by atoms with Gasteiger partial charge in [-0.05, 0) is 37.5 Å². The van der Waals surface area contributed by atoms with Crippen molar-refractivity contribution in [2.75, 3.05) is 19.8 Å². The highest BCUT2D eigenvalue weighted by atomic mass is 16.5. The topological polar surface area (TPSA) is 27.7 Å². The Kier molecular flexibility index (Phi) is 8.84. The first kappa shape index (κ1) is 22.7. The van der Waals surface area contributed by atoms with Crippen LogP contribution < -0.4 is 14.2 Å². The van der Waals surface area contributed by atoms with Crippen LogP contribution in [0.5, 0.6) is 17.2 Å². The van der Waals surface area contributed by atoms with Gasteiger partial charge in [0.05, 0.1) is 19.8 Å². The van der Waals surface area contributed by atoms with Crippen LogP contribution in [0.15, 0.2) is 72.8 Å². The molecule has 0 bridgehead atoms. The third-order valence-corrected chi connectivity index (χ3v) is 5.08. The molecule has 0 aromatic heterocycles. The smallest absolute Gasteiger partial charge is 0.123 e. The summed E-state index contributed by atoms with van der Waals surface area (Å²) < 4.78 is 18.5. The van der Waals surface area contributed by atoms with Gasteiger partial charge in [-0.15, -0.1) is 0 Å². The zero-order valence-electron chi connectivity index (χ0n) is 19.0. The van der Waals surface area contributed by atoms with Crippen LogP contribution in [0.25, 0.3) is 0 Å². The maximum Gasteiger partial charge on any atom is 0.123 e. The van der Waals surface area contributed by atoms with Crippen molar-refractivity contribution in [3.8, 4) is 17.2 Å². The number of hydrogen-bond acceptors (Lipinski definition) is 3. The Morgan fingerprint density at radius 3 is 1.06 bits per heavy atom. The molecule has 3 aromatic carbocycles. The summed E-state index contributed by atoms with van der Waals surface area (Å²) in [6.45, 7) is 8.44. The van der Waals surface area contributed by atoms with E-state index in [1.54, 1.807) is 0 Å². The van der Waals surface area contributed by atoms with Crippen molar-refractivity contribution in [1.29, 1.82) is 0 Å². The van der Waals surface area contributed by atoms with E-state index in [1.165, 1.54) is 0 Å². The van der Waals surface area contributed by atoms with Crippen molar-refractivity contribution in [1.82, 2.24) is 0 Å². The van der Waals surface area contributed by atoms with Crippen LogP contribution in [0.2, 0.25) is 0 Å². The lowest BCUT2D eigenvalue weighted by molar-refractivity contribution is 0.305. The van der Waals surface area contributed by atoms with E-state index in [9.17, 15) is 0 Å². The van der Waals surface area contributed by atoms with Gasteiger partial charge in [-0.25, -0.2) is 0 Å². The summed E-state index contributed by atoms with van der Waals surface area (Å²) in [5.74, 6) is 2.66. The van der Waals surface area contributed by atoms with E-state index in [2.05, 4.69) is 75.4 Å². The van der Waals surface area contributed by atoms with E-state index in [0.717, 1.165) is 53.2 Å². The molecule has 3 aromatic rings. The van der Waals surface area contributed by atoms with E-state index >= 15 is 0 Å². The highest BCUT2D eigenvalue weighted by molar-refractivity contribution is 5.56. The first-order valence-corrected chi connectivity index (χ1v) is 11.4. The van der Waals surface area contributed by atoms with E-state index in [-0.39, 0.29) is 5.92 Å². The molecule has 0 saturated carbocycles. The number of ether oxygens (including phenoxy) is 3. The predicted octanol–water partition coefficient (Wildman–Crippen LogP) is 7.23. The van der Waals surface area contributed by atoms with Crippen LogP contribution in [0, 0.1) is 0 Å². The minimum absolute atomic E-state index is 0.0610. The number of hydrogen-bond donors (Lipinski definition) is 0. The number of rotatable bonds is 12. The first-order valence-electron chi connectivity index (χ1n) is 11.4. The Bertz CT molecular complexity index is 812. The SMILES string of the molecule is CCCOc1ccccc1C(c1ccccc1OCCC)c1ccccc1OCCC. The molecule has 3 rings (SSSR count).